The van der Waals surface area contributed by atoms with E-state index in [1.165, 1.54) is 0 Å². The van der Waals surface area contributed by atoms with Crippen molar-refractivity contribution in [3.63, 3.8) is 0 Å². The standard InChI is InChI=1S/C19H24BrN3O3.HI/c1-21-19(22-9-10-26-15-7-5-4-6-8-15)23-13-14-11-16(20)18(25-3)17(12-14)24-2;/h4-8,11-12H,9-10,13H2,1-3H3,(H2,21,22,23);1H. The minimum atomic E-state index is 0. The van der Waals surface area contributed by atoms with Crippen molar-refractivity contribution in [3.05, 3.63) is 52.5 Å². The first-order chi connectivity index (χ1) is 12.7. The minimum absolute atomic E-state index is 0. The third kappa shape index (κ3) is 7.45. The Hall–Kier alpha value is -1.68. The number of nitrogens with one attached hydrogen (secondary N) is 2. The summed E-state index contributed by atoms with van der Waals surface area (Å²) in [5.41, 5.74) is 1.04. The van der Waals surface area contributed by atoms with Crippen LogP contribution >= 0.6 is 39.9 Å². The molecule has 2 rings (SSSR count). The molecule has 0 spiro atoms. The van der Waals surface area contributed by atoms with Crippen LogP contribution in [0.5, 0.6) is 17.2 Å². The summed E-state index contributed by atoms with van der Waals surface area (Å²) in [7, 11) is 4.97. The van der Waals surface area contributed by atoms with Gasteiger partial charge in [-0.3, -0.25) is 4.99 Å². The maximum atomic E-state index is 5.65. The predicted octanol–water partition coefficient (Wildman–Crippen LogP) is 3.83. The Morgan fingerprint density at radius 3 is 2.44 bits per heavy atom. The van der Waals surface area contributed by atoms with Crippen LogP contribution in [0.4, 0.5) is 0 Å². The highest BCUT2D eigenvalue weighted by Gasteiger charge is 2.10. The van der Waals surface area contributed by atoms with Gasteiger partial charge >= 0.3 is 0 Å². The molecule has 0 bridgehead atoms. The second-order valence-corrected chi connectivity index (χ2v) is 6.18. The number of ether oxygens (including phenoxy) is 3. The molecule has 0 saturated heterocycles. The van der Waals surface area contributed by atoms with E-state index in [0.717, 1.165) is 15.8 Å². The molecular weight excluding hydrogens is 525 g/mol. The molecule has 0 radical (unpaired) electrons. The van der Waals surface area contributed by atoms with E-state index < -0.39 is 0 Å². The Labute approximate surface area is 185 Å². The largest absolute Gasteiger partial charge is 0.493 e. The Morgan fingerprint density at radius 1 is 1.07 bits per heavy atom. The summed E-state index contributed by atoms with van der Waals surface area (Å²) < 4.78 is 17.2. The van der Waals surface area contributed by atoms with E-state index in [1.807, 2.05) is 42.5 Å². The van der Waals surface area contributed by atoms with Crippen molar-refractivity contribution in [1.29, 1.82) is 0 Å². The van der Waals surface area contributed by atoms with Crippen LogP contribution in [0.25, 0.3) is 0 Å². The summed E-state index contributed by atoms with van der Waals surface area (Å²) in [6.45, 7) is 1.79. The lowest BCUT2D eigenvalue weighted by Gasteiger charge is -2.15. The summed E-state index contributed by atoms with van der Waals surface area (Å²) in [5, 5.41) is 6.49. The van der Waals surface area contributed by atoms with Gasteiger partial charge in [-0.05, 0) is 45.8 Å². The van der Waals surface area contributed by atoms with Gasteiger partial charge in [-0.25, -0.2) is 0 Å². The van der Waals surface area contributed by atoms with Gasteiger partial charge in [0.2, 0.25) is 0 Å². The van der Waals surface area contributed by atoms with Crippen molar-refractivity contribution in [3.8, 4) is 17.2 Å². The quantitative estimate of drug-likeness (QED) is 0.227. The van der Waals surface area contributed by atoms with Gasteiger partial charge in [0.05, 0.1) is 25.2 Å². The monoisotopic (exact) mass is 549 g/mol. The van der Waals surface area contributed by atoms with Gasteiger partial charge in [0.1, 0.15) is 12.4 Å². The highest BCUT2D eigenvalue weighted by Crippen LogP contribution is 2.36. The Kier molecular flexibility index (Phi) is 11.0. The van der Waals surface area contributed by atoms with Gasteiger partial charge in [-0.1, -0.05) is 18.2 Å². The molecule has 2 aromatic carbocycles. The van der Waals surface area contributed by atoms with Crippen LogP contribution in [0, 0.1) is 0 Å². The molecular formula is C19H25BrIN3O3. The normalized spacial score (nSPS) is 10.6. The third-order valence-corrected chi connectivity index (χ3v) is 4.17. The average Bonchev–Trinajstić information content (AvgIpc) is 2.67. The van der Waals surface area contributed by atoms with Crippen LogP contribution in [-0.2, 0) is 6.54 Å². The van der Waals surface area contributed by atoms with Crippen LogP contribution in [-0.4, -0.2) is 40.4 Å². The van der Waals surface area contributed by atoms with Gasteiger partial charge in [0, 0.05) is 13.6 Å². The Bertz CT molecular complexity index is 730. The van der Waals surface area contributed by atoms with E-state index >= 15 is 0 Å². The molecule has 8 heteroatoms. The second-order valence-electron chi connectivity index (χ2n) is 5.33. The van der Waals surface area contributed by atoms with Crippen LogP contribution in [0.3, 0.4) is 0 Å². The number of hydrogen-bond acceptors (Lipinski definition) is 4. The second kappa shape index (κ2) is 12.7. The first-order valence-corrected chi connectivity index (χ1v) is 9.00. The number of rotatable bonds is 8. The van der Waals surface area contributed by atoms with E-state index in [4.69, 9.17) is 14.2 Å². The summed E-state index contributed by atoms with van der Waals surface area (Å²) in [6.07, 6.45) is 0. The Morgan fingerprint density at radius 2 is 1.81 bits per heavy atom. The van der Waals surface area contributed by atoms with Crippen molar-refractivity contribution in [1.82, 2.24) is 10.6 Å². The number of para-hydroxylation sites is 1. The molecule has 148 valence electrons. The molecule has 0 aliphatic carbocycles. The van der Waals surface area contributed by atoms with E-state index in [-0.39, 0.29) is 24.0 Å². The van der Waals surface area contributed by atoms with Crippen molar-refractivity contribution in [2.75, 3.05) is 34.4 Å². The third-order valence-electron chi connectivity index (χ3n) is 3.58. The molecule has 0 fully saturated rings. The van der Waals surface area contributed by atoms with Gasteiger partial charge < -0.3 is 24.8 Å². The number of benzene rings is 2. The highest BCUT2D eigenvalue weighted by molar-refractivity contribution is 14.0. The first-order valence-electron chi connectivity index (χ1n) is 8.20. The minimum Gasteiger partial charge on any atom is -0.493 e. The van der Waals surface area contributed by atoms with Crippen LogP contribution in [0.1, 0.15) is 5.56 Å². The molecule has 6 nitrogen and oxygen atoms in total. The zero-order chi connectivity index (χ0) is 18.8. The highest BCUT2D eigenvalue weighted by atomic mass is 127. The maximum Gasteiger partial charge on any atom is 0.191 e. The average molecular weight is 550 g/mol. The fourth-order valence-electron chi connectivity index (χ4n) is 2.33. The first kappa shape index (κ1) is 23.4. The number of aliphatic imine (C=N–C) groups is 1. The van der Waals surface area contributed by atoms with E-state index in [0.29, 0.717) is 37.2 Å². The fraction of sp³-hybridized carbons (Fsp3) is 0.316. The lowest BCUT2D eigenvalue weighted by atomic mass is 10.2. The number of halogens is 2. The van der Waals surface area contributed by atoms with Crippen molar-refractivity contribution in [2.24, 2.45) is 4.99 Å². The van der Waals surface area contributed by atoms with Crippen molar-refractivity contribution >= 4 is 45.9 Å². The molecule has 0 aromatic heterocycles. The molecule has 0 amide bonds. The molecule has 2 N–H and O–H groups in total. The SMILES string of the molecule is CN=C(NCCOc1ccccc1)NCc1cc(Br)c(OC)c(OC)c1.I. The topological polar surface area (TPSA) is 64.1 Å². The number of guanidine groups is 1. The summed E-state index contributed by atoms with van der Waals surface area (Å²) in [4.78, 5) is 4.22. The van der Waals surface area contributed by atoms with Gasteiger partial charge in [0.15, 0.2) is 17.5 Å². The number of nitrogens with zero attached hydrogens (tertiary/aromatic N) is 1. The molecule has 0 heterocycles. The summed E-state index contributed by atoms with van der Waals surface area (Å²) >= 11 is 3.50. The smallest absolute Gasteiger partial charge is 0.191 e. The molecule has 2 aromatic rings. The molecule has 0 aliphatic rings. The zero-order valence-electron chi connectivity index (χ0n) is 15.6. The Balaban J connectivity index is 0.00000364. The van der Waals surface area contributed by atoms with Gasteiger partial charge in [-0.15, -0.1) is 24.0 Å². The molecule has 0 atom stereocenters. The maximum absolute atomic E-state index is 5.65. The molecule has 27 heavy (non-hydrogen) atoms. The van der Waals surface area contributed by atoms with Crippen LogP contribution in [0.15, 0.2) is 51.9 Å². The summed E-state index contributed by atoms with van der Waals surface area (Å²) in [5.74, 6) is 2.91. The van der Waals surface area contributed by atoms with Crippen LogP contribution in [0.2, 0.25) is 0 Å². The van der Waals surface area contributed by atoms with Gasteiger partial charge in [0.25, 0.3) is 0 Å². The number of hydrogen-bond donors (Lipinski definition) is 2. The molecule has 0 aliphatic heterocycles. The van der Waals surface area contributed by atoms with E-state index in [9.17, 15) is 0 Å². The van der Waals surface area contributed by atoms with Gasteiger partial charge in [-0.2, -0.15) is 0 Å². The number of methoxy groups -OCH3 is 2. The molecule has 0 saturated carbocycles. The van der Waals surface area contributed by atoms with E-state index in [1.54, 1.807) is 21.3 Å². The fourth-order valence-corrected chi connectivity index (χ4v) is 2.99. The van der Waals surface area contributed by atoms with Crippen LogP contribution < -0.4 is 24.8 Å². The van der Waals surface area contributed by atoms with Crippen molar-refractivity contribution in [2.45, 2.75) is 6.54 Å². The lowest BCUT2D eigenvalue weighted by Crippen LogP contribution is -2.38. The predicted molar refractivity (Wildman–Crippen MR) is 123 cm³/mol. The van der Waals surface area contributed by atoms with E-state index in [2.05, 4.69) is 31.6 Å². The van der Waals surface area contributed by atoms with Crippen molar-refractivity contribution < 1.29 is 14.2 Å². The molecule has 0 unspecified atom stereocenters. The summed E-state index contributed by atoms with van der Waals surface area (Å²) in [6, 6.07) is 13.6. The zero-order valence-corrected chi connectivity index (χ0v) is 19.5. The lowest BCUT2D eigenvalue weighted by molar-refractivity contribution is 0.322.